The molecule has 3 aromatic carbocycles. The molecule has 1 aliphatic rings. The van der Waals surface area contributed by atoms with Crippen molar-refractivity contribution in [1.82, 2.24) is 9.47 Å². The monoisotopic (exact) mass is 516 g/mol. The predicted molar refractivity (Wildman–Crippen MR) is 103 cm³/mol. The molecule has 0 saturated carbocycles. The normalized spacial score (nSPS) is 13.6. The van der Waals surface area contributed by atoms with Crippen LogP contribution in [-0.4, -0.2) is 16.5 Å². The summed E-state index contributed by atoms with van der Waals surface area (Å²) in [5.41, 5.74) is 4.60. The number of hydrogen-bond donors (Lipinski definition) is 0. The van der Waals surface area contributed by atoms with Crippen LogP contribution in [0.3, 0.4) is 0 Å². The molecule has 0 amide bonds. The molecule has 131 valence electrons. The van der Waals surface area contributed by atoms with E-state index in [1.807, 2.05) is 37.1 Å². The second kappa shape index (κ2) is 6.64. The summed E-state index contributed by atoms with van der Waals surface area (Å²) in [6.07, 6.45) is 4.08. The summed E-state index contributed by atoms with van der Waals surface area (Å²) in [5, 5.41) is 2.50. The van der Waals surface area contributed by atoms with Crippen molar-refractivity contribution < 1.29 is 20.1 Å². The van der Waals surface area contributed by atoms with Crippen molar-refractivity contribution in [3.63, 3.8) is 0 Å². The third-order valence-electron chi connectivity index (χ3n) is 4.65. The van der Waals surface area contributed by atoms with Gasteiger partial charge in [0.25, 0.3) is 0 Å². The van der Waals surface area contributed by atoms with Gasteiger partial charge in [0, 0.05) is 31.3 Å². The summed E-state index contributed by atoms with van der Waals surface area (Å²) >= 11 is 0. The van der Waals surface area contributed by atoms with E-state index in [0.717, 1.165) is 5.69 Å². The molecule has 0 bridgehead atoms. The first-order valence-corrected chi connectivity index (χ1v) is 8.35. The van der Waals surface area contributed by atoms with Crippen LogP contribution in [0.4, 0.5) is 5.69 Å². The Bertz CT molecular complexity index is 1100. The number of nitrogens with zero attached hydrogens (tertiary/aromatic N) is 3. The smallest absolute Gasteiger partial charge is 0.0403 e. The van der Waals surface area contributed by atoms with Crippen molar-refractivity contribution in [3.8, 4) is 5.69 Å². The zero-order chi connectivity index (χ0) is 16.8. The predicted octanol–water partition coefficient (Wildman–Crippen LogP) is 4.92. The van der Waals surface area contributed by atoms with Gasteiger partial charge in [-0.1, -0.05) is 41.9 Å². The summed E-state index contributed by atoms with van der Waals surface area (Å²) in [6.45, 7) is 2.05. The Labute approximate surface area is 166 Å². The minimum absolute atomic E-state index is 0. The summed E-state index contributed by atoms with van der Waals surface area (Å²) in [7, 11) is 2.02. The van der Waals surface area contributed by atoms with Crippen molar-refractivity contribution in [2.75, 3.05) is 11.9 Å². The molecule has 1 aliphatic heterocycles. The maximum absolute atomic E-state index is 3.44. The van der Waals surface area contributed by atoms with Crippen LogP contribution < -0.4 is 4.90 Å². The van der Waals surface area contributed by atoms with Gasteiger partial charge in [-0.2, -0.15) is 18.8 Å². The molecule has 0 saturated heterocycles. The topological polar surface area (TPSA) is 11.4 Å². The maximum atomic E-state index is 3.44. The fraction of sp³-hybridized carbons (Fsp3) is 0.0455. The number of hydrogen-bond acceptors (Lipinski definition) is 2. The summed E-state index contributed by atoms with van der Waals surface area (Å²) in [6, 6.07) is 26.8. The Morgan fingerprint density at radius 2 is 1.62 bits per heavy atom. The average Bonchev–Trinajstić information content (AvgIpc) is 3.23. The van der Waals surface area contributed by atoms with Crippen LogP contribution in [0.25, 0.3) is 27.5 Å². The van der Waals surface area contributed by atoms with E-state index in [2.05, 4.69) is 76.2 Å². The van der Waals surface area contributed by atoms with Crippen molar-refractivity contribution in [2.24, 2.45) is 0 Å². The molecule has 0 atom stereocenters. The standard InChI is InChI=1S/C22H17N3.Ir/c1-23-13-14-24(16-23)18-11-12-22-20(15-18)19-9-5-6-10-21(19)25(22)17-7-3-2-4-8-17;/h2-10,12-16H,1H3;/q-2;. The van der Waals surface area contributed by atoms with Crippen molar-refractivity contribution in [3.05, 3.63) is 91.9 Å². The molecular formula is C22H17IrN3-2. The van der Waals surface area contributed by atoms with E-state index in [1.165, 1.54) is 27.5 Å². The van der Waals surface area contributed by atoms with Gasteiger partial charge in [-0.3, -0.25) is 0 Å². The van der Waals surface area contributed by atoms with Crippen molar-refractivity contribution >= 4 is 27.5 Å². The number of anilines is 1. The van der Waals surface area contributed by atoms with Gasteiger partial charge in [0.2, 0.25) is 0 Å². The third kappa shape index (κ3) is 2.63. The minimum Gasteiger partial charge on any atom is -0.510 e. The van der Waals surface area contributed by atoms with Gasteiger partial charge in [-0.15, -0.1) is 17.1 Å². The van der Waals surface area contributed by atoms with Gasteiger partial charge < -0.3 is 14.4 Å². The van der Waals surface area contributed by atoms with E-state index in [4.69, 9.17) is 0 Å². The van der Waals surface area contributed by atoms with Crippen LogP contribution in [0.1, 0.15) is 0 Å². The molecule has 5 rings (SSSR count). The zero-order valence-corrected chi connectivity index (χ0v) is 16.7. The van der Waals surface area contributed by atoms with Gasteiger partial charge in [-0.05, 0) is 43.0 Å². The van der Waals surface area contributed by atoms with E-state index in [-0.39, 0.29) is 20.1 Å². The summed E-state index contributed by atoms with van der Waals surface area (Å²) in [4.78, 5) is 4.12. The fourth-order valence-corrected chi connectivity index (χ4v) is 3.50. The second-order valence-electron chi connectivity index (χ2n) is 6.29. The summed E-state index contributed by atoms with van der Waals surface area (Å²) in [5.74, 6) is 0. The number of fused-ring (bicyclic) bond motifs is 3. The second-order valence-corrected chi connectivity index (χ2v) is 6.29. The molecule has 3 nitrogen and oxygen atoms in total. The van der Waals surface area contributed by atoms with E-state index < -0.39 is 0 Å². The first-order valence-electron chi connectivity index (χ1n) is 8.35. The van der Waals surface area contributed by atoms with Gasteiger partial charge in [0.05, 0.1) is 0 Å². The molecule has 1 radical (unpaired) electrons. The van der Waals surface area contributed by atoms with Crippen molar-refractivity contribution in [2.45, 2.75) is 0 Å². The van der Waals surface area contributed by atoms with Crippen LogP contribution in [0.15, 0.2) is 79.1 Å². The van der Waals surface area contributed by atoms with Crippen LogP contribution in [0, 0.1) is 12.7 Å². The minimum atomic E-state index is 0. The summed E-state index contributed by atoms with van der Waals surface area (Å²) < 4.78 is 2.31. The molecule has 0 aliphatic carbocycles. The van der Waals surface area contributed by atoms with Gasteiger partial charge in [0.1, 0.15) is 0 Å². The molecule has 0 fully saturated rings. The first kappa shape index (κ1) is 16.9. The molecule has 26 heavy (non-hydrogen) atoms. The average molecular weight is 516 g/mol. The Morgan fingerprint density at radius 1 is 0.846 bits per heavy atom. The van der Waals surface area contributed by atoms with E-state index >= 15 is 0 Å². The quantitative estimate of drug-likeness (QED) is 0.351. The Morgan fingerprint density at radius 3 is 2.38 bits per heavy atom. The SMILES string of the molecule is CN1C=CN(c2[c-]cc3c(c2)c2ccccc2n3-c2ccccc2)[CH-]1.[Ir]. The van der Waals surface area contributed by atoms with Gasteiger partial charge >= 0.3 is 0 Å². The Kier molecular flexibility index (Phi) is 4.31. The van der Waals surface area contributed by atoms with Crippen molar-refractivity contribution in [1.29, 1.82) is 0 Å². The van der Waals surface area contributed by atoms with Crippen LogP contribution in [0.5, 0.6) is 0 Å². The fourth-order valence-electron chi connectivity index (χ4n) is 3.50. The molecule has 4 aromatic rings. The van der Waals surface area contributed by atoms with Crippen LogP contribution >= 0.6 is 0 Å². The molecule has 0 N–H and O–H groups in total. The maximum Gasteiger partial charge on any atom is 0.0403 e. The molecule has 0 spiro atoms. The first-order chi connectivity index (χ1) is 12.3. The number of para-hydroxylation sites is 2. The van der Waals surface area contributed by atoms with E-state index in [1.54, 1.807) is 0 Å². The Balaban J connectivity index is 0.00000168. The largest absolute Gasteiger partial charge is 0.510 e. The van der Waals surface area contributed by atoms with Gasteiger partial charge in [-0.25, -0.2) is 0 Å². The number of rotatable bonds is 2. The number of aromatic nitrogens is 1. The molecule has 4 heteroatoms. The zero-order valence-electron chi connectivity index (χ0n) is 14.3. The van der Waals surface area contributed by atoms with E-state index in [9.17, 15) is 0 Å². The van der Waals surface area contributed by atoms with E-state index in [0.29, 0.717) is 0 Å². The van der Waals surface area contributed by atoms with Crippen LogP contribution in [0.2, 0.25) is 0 Å². The number of benzene rings is 3. The molecule has 0 unspecified atom stereocenters. The van der Waals surface area contributed by atoms with Gasteiger partial charge in [0.15, 0.2) is 0 Å². The molecule has 1 aromatic heterocycles. The Hall–Kier alpha value is -2.55. The molecule has 2 heterocycles. The molecular weight excluding hydrogens is 498 g/mol. The van der Waals surface area contributed by atoms with Crippen LogP contribution in [-0.2, 0) is 20.1 Å². The third-order valence-corrected chi connectivity index (χ3v) is 4.65.